The first kappa shape index (κ1) is 14.0. The van der Waals surface area contributed by atoms with Gasteiger partial charge in [0, 0.05) is 11.5 Å². The average Bonchev–Trinajstić information content (AvgIpc) is 3.06. The normalized spacial score (nSPS) is 12.5. The Bertz CT molecular complexity index is 774. The molecule has 0 N–H and O–H groups in total. The minimum Gasteiger partial charge on any atom is -0.613 e. The van der Waals surface area contributed by atoms with Crippen LogP contribution in [0, 0.1) is 0 Å². The molecule has 0 aliphatic carbocycles. The van der Waals surface area contributed by atoms with Crippen molar-refractivity contribution in [3.8, 4) is 0 Å². The maximum atomic E-state index is 12.3. The van der Waals surface area contributed by atoms with Crippen molar-refractivity contribution in [3.63, 3.8) is 0 Å². The lowest BCUT2D eigenvalue weighted by molar-refractivity contribution is -0.722. The van der Waals surface area contributed by atoms with E-state index >= 15 is 0 Å². The molecule has 0 bridgehead atoms. The van der Waals surface area contributed by atoms with Crippen molar-refractivity contribution in [3.05, 3.63) is 46.3 Å². The van der Waals surface area contributed by atoms with E-state index < -0.39 is 0 Å². The predicted molar refractivity (Wildman–Crippen MR) is 80.6 cm³/mol. The molecular formula is C14H13N3O2S2. The summed E-state index contributed by atoms with van der Waals surface area (Å²) in [6.07, 6.45) is 1.81. The number of ether oxygens (including phenoxy) is 1. The van der Waals surface area contributed by atoms with E-state index in [1.807, 2.05) is 37.5 Å². The van der Waals surface area contributed by atoms with Gasteiger partial charge in [-0.3, -0.25) is 0 Å². The molecule has 0 aliphatic heterocycles. The van der Waals surface area contributed by atoms with Gasteiger partial charge < -0.3 is 9.84 Å². The fourth-order valence-corrected chi connectivity index (χ4v) is 3.72. The molecule has 0 aliphatic rings. The maximum absolute atomic E-state index is 12.3. The number of aryl methyl sites for hydroxylation is 1. The Kier molecular flexibility index (Phi) is 3.85. The van der Waals surface area contributed by atoms with E-state index in [2.05, 4.69) is 9.47 Å². The third kappa shape index (κ3) is 2.74. The molecule has 0 saturated heterocycles. The topological polar surface area (TPSA) is 62.0 Å². The molecule has 3 aromatic rings. The molecule has 7 heteroatoms. The number of aromatic nitrogens is 3. The summed E-state index contributed by atoms with van der Waals surface area (Å²) in [6.45, 7) is 2.12. The van der Waals surface area contributed by atoms with Crippen LogP contribution < -0.4 is 9.79 Å². The van der Waals surface area contributed by atoms with Gasteiger partial charge in [0.05, 0.1) is 26.2 Å². The molecule has 3 rings (SSSR count). The Balaban J connectivity index is 2.17. The van der Waals surface area contributed by atoms with E-state index in [0.29, 0.717) is 17.2 Å². The molecule has 108 valence electrons. The Hall–Kier alpha value is -1.99. The largest absolute Gasteiger partial charge is 0.613 e. The van der Waals surface area contributed by atoms with E-state index in [1.54, 1.807) is 11.6 Å². The number of hydrogen-bond acceptors (Lipinski definition) is 6. The monoisotopic (exact) mass is 319 g/mol. The zero-order chi connectivity index (χ0) is 14.8. The lowest BCUT2D eigenvalue weighted by Gasteiger charge is -2.15. The highest BCUT2D eigenvalue weighted by Gasteiger charge is 2.18. The first-order valence-corrected chi connectivity index (χ1v) is 8.01. The number of nitrogens with zero attached hydrogens (tertiary/aromatic N) is 3. The van der Waals surface area contributed by atoms with Gasteiger partial charge in [-0.1, -0.05) is 23.7 Å². The molecular weight excluding hydrogens is 306 g/mol. The molecule has 21 heavy (non-hydrogen) atoms. The third-order valence-corrected chi connectivity index (χ3v) is 4.71. The van der Waals surface area contributed by atoms with Crippen molar-refractivity contribution in [1.29, 1.82) is 0 Å². The molecule has 1 aromatic carbocycles. The Morgan fingerprint density at radius 1 is 1.38 bits per heavy atom. The van der Waals surface area contributed by atoms with Gasteiger partial charge in [-0.15, -0.1) is 11.3 Å². The number of fused-ring (bicyclic) bond motifs is 1. The summed E-state index contributed by atoms with van der Waals surface area (Å²) >= 11 is 2.74. The molecule has 2 aromatic heterocycles. The third-order valence-electron chi connectivity index (χ3n) is 2.81. The molecule has 0 fully saturated rings. The number of hydrogen-bond donors (Lipinski definition) is 0. The van der Waals surface area contributed by atoms with Crippen molar-refractivity contribution in [1.82, 2.24) is 9.47 Å². The minimum absolute atomic E-state index is 0.332. The van der Waals surface area contributed by atoms with Gasteiger partial charge in [0.15, 0.2) is 7.05 Å². The van der Waals surface area contributed by atoms with Crippen molar-refractivity contribution >= 4 is 38.7 Å². The number of benzene rings is 1. The van der Waals surface area contributed by atoms with Crippen LogP contribution in [0.4, 0.5) is 0 Å². The van der Waals surface area contributed by atoms with Crippen molar-refractivity contribution in [2.75, 3.05) is 6.61 Å². The van der Waals surface area contributed by atoms with Crippen molar-refractivity contribution in [2.45, 2.75) is 6.92 Å². The molecule has 0 atom stereocenters. The van der Waals surface area contributed by atoms with Crippen LogP contribution in [0.3, 0.4) is 0 Å². The SMILES string of the molecule is CCO/C([O-])=C(/c1c[n+](C)ns1)c1nc2ccccc2s1. The number of rotatable bonds is 4. The van der Waals surface area contributed by atoms with Crippen molar-refractivity contribution in [2.24, 2.45) is 7.05 Å². The van der Waals surface area contributed by atoms with Gasteiger partial charge in [0.2, 0.25) is 6.20 Å². The summed E-state index contributed by atoms with van der Waals surface area (Å²) in [5.74, 6) is -0.360. The standard InChI is InChI=1S/C14H13N3O2S2/c1-3-19-14(18)12(11-8-17(2)16-21-11)13-15-9-6-4-5-7-10(9)20-13/h4-8H,3H2,1-2H3. The lowest BCUT2D eigenvalue weighted by Crippen LogP contribution is -2.27. The Morgan fingerprint density at radius 2 is 2.19 bits per heavy atom. The molecule has 2 heterocycles. The second-order valence-corrected chi connectivity index (χ2v) is 6.14. The minimum atomic E-state index is -0.360. The average molecular weight is 319 g/mol. The Morgan fingerprint density at radius 3 is 2.86 bits per heavy atom. The smallest absolute Gasteiger partial charge is 0.216 e. The highest BCUT2D eigenvalue weighted by Crippen LogP contribution is 2.33. The van der Waals surface area contributed by atoms with Gasteiger partial charge in [0.1, 0.15) is 9.88 Å². The summed E-state index contributed by atoms with van der Waals surface area (Å²) in [7, 11) is 1.82. The van der Waals surface area contributed by atoms with Crippen LogP contribution in [-0.2, 0) is 11.8 Å². The molecule has 0 unspecified atom stereocenters. The van der Waals surface area contributed by atoms with Gasteiger partial charge in [-0.05, 0) is 18.7 Å². The maximum Gasteiger partial charge on any atom is 0.216 e. The fraction of sp³-hybridized carbons (Fsp3) is 0.214. The summed E-state index contributed by atoms with van der Waals surface area (Å²) in [6, 6.07) is 7.82. The van der Waals surface area contributed by atoms with Crippen LogP contribution in [0.2, 0.25) is 0 Å². The van der Waals surface area contributed by atoms with Gasteiger partial charge in [-0.2, -0.15) is 0 Å². The summed E-state index contributed by atoms with van der Waals surface area (Å²) < 4.78 is 12.1. The number of thiazole rings is 1. The highest BCUT2D eigenvalue weighted by molar-refractivity contribution is 7.20. The summed E-state index contributed by atoms with van der Waals surface area (Å²) in [5, 5.41) is 13.0. The molecule has 0 spiro atoms. The molecule has 0 radical (unpaired) electrons. The van der Waals surface area contributed by atoms with Crippen LogP contribution in [0.15, 0.2) is 36.4 Å². The number of para-hydroxylation sites is 1. The fourth-order valence-electron chi connectivity index (χ4n) is 1.91. The zero-order valence-corrected chi connectivity index (χ0v) is 13.2. The van der Waals surface area contributed by atoms with Crippen molar-refractivity contribution < 1.29 is 14.5 Å². The predicted octanol–water partition coefficient (Wildman–Crippen LogP) is 1.69. The van der Waals surface area contributed by atoms with E-state index in [0.717, 1.165) is 15.1 Å². The Labute approximate surface area is 129 Å². The first-order valence-electron chi connectivity index (χ1n) is 6.42. The zero-order valence-electron chi connectivity index (χ0n) is 11.6. The van der Waals surface area contributed by atoms with E-state index in [9.17, 15) is 5.11 Å². The lowest BCUT2D eigenvalue weighted by atomic mass is 10.2. The highest BCUT2D eigenvalue weighted by atomic mass is 32.1. The quantitative estimate of drug-likeness (QED) is 0.542. The van der Waals surface area contributed by atoms with Crippen LogP contribution >= 0.6 is 22.9 Å². The van der Waals surface area contributed by atoms with Gasteiger partial charge in [-0.25, -0.2) is 4.98 Å². The van der Waals surface area contributed by atoms with Crippen LogP contribution in [0.25, 0.3) is 15.8 Å². The molecule has 5 nitrogen and oxygen atoms in total. The van der Waals surface area contributed by atoms with E-state index in [4.69, 9.17) is 4.74 Å². The van der Waals surface area contributed by atoms with E-state index in [1.165, 1.54) is 22.9 Å². The second-order valence-electron chi connectivity index (χ2n) is 4.32. The molecule has 0 amide bonds. The second kappa shape index (κ2) is 5.79. The summed E-state index contributed by atoms with van der Waals surface area (Å²) in [5.41, 5.74) is 1.37. The summed E-state index contributed by atoms with van der Waals surface area (Å²) in [4.78, 5) is 5.31. The van der Waals surface area contributed by atoms with Crippen LogP contribution in [-0.4, -0.2) is 16.1 Å². The van der Waals surface area contributed by atoms with Gasteiger partial charge in [0.25, 0.3) is 0 Å². The first-order chi connectivity index (χ1) is 10.2. The van der Waals surface area contributed by atoms with Gasteiger partial charge >= 0.3 is 0 Å². The van der Waals surface area contributed by atoms with E-state index in [-0.39, 0.29) is 5.95 Å². The van der Waals surface area contributed by atoms with Crippen LogP contribution in [0.1, 0.15) is 16.8 Å². The van der Waals surface area contributed by atoms with Crippen LogP contribution in [0.5, 0.6) is 0 Å². The molecule has 0 saturated carbocycles.